The molecule has 2 N–H and O–H groups in total. The zero-order valence-corrected chi connectivity index (χ0v) is 18.3. The molecule has 6 nitrogen and oxygen atoms in total. The summed E-state index contributed by atoms with van der Waals surface area (Å²) in [4.78, 5) is 19.7. The molecular formula is C24H34N2O4. The number of fused-ring (bicyclic) bond motifs is 4. The fourth-order valence-electron chi connectivity index (χ4n) is 6.40. The van der Waals surface area contributed by atoms with E-state index >= 15 is 0 Å². The topological polar surface area (TPSA) is 74.8 Å². The number of para-hydroxylation sites is 1. The van der Waals surface area contributed by atoms with E-state index in [1.165, 1.54) is 10.9 Å². The maximum absolute atomic E-state index is 13.5. The van der Waals surface area contributed by atoms with Crippen LogP contribution >= 0.6 is 0 Å². The van der Waals surface area contributed by atoms with Gasteiger partial charge in [-0.05, 0) is 56.1 Å². The monoisotopic (exact) mass is 414 g/mol. The number of piperidine rings is 2. The van der Waals surface area contributed by atoms with Gasteiger partial charge in [0.1, 0.15) is 5.41 Å². The number of aliphatic hydroxyl groups excluding tert-OH is 1. The summed E-state index contributed by atoms with van der Waals surface area (Å²) in [5.41, 5.74) is 2.85. The molecule has 3 aliphatic heterocycles. The molecule has 4 heterocycles. The second kappa shape index (κ2) is 8.69. The molecule has 4 bridgehead atoms. The first-order valence-corrected chi connectivity index (χ1v) is 11.1. The third kappa shape index (κ3) is 3.26. The highest BCUT2D eigenvalue weighted by Gasteiger charge is 2.62. The van der Waals surface area contributed by atoms with E-state index in [-0.39, 0.29) is 18.6 Å². The van der Waals surface area contributed by atoms with Crippen molar-refractivity contribution in [1.29, 1.82) is 0 Å². The Morgan fingerprint density at radius 2 is 2.10 bits per heavy atom. The number of nitrogens with one attached hydrogen (secondary N) is 1. The van der Waals surface area contributed by atoms with Crippen LogP contribution in [-0.2, 0) is 26.1 Å². The number of esters is 1. The summed E-state index contributed by atoms with van der Waals surface area (Å²) < 4.78 is 9.95. The number of H-pyrrole nitrogens is 1. The lowest BCUT2D eigenvalue weighted by molar-refractivity contribution is -0.165. The van der Waals surface area contributed by atoms with Crippen molar-refractivity contribution in [3.05, 3.63) is 35.5 Å². The number of aromatic amines is 1. The van der Waals surface area contributed by atoms with Crippen molar-refractivity contribution in [2.75, 3.05) is 40.5 Å². The number of nitrogens with zero attached hydrogens (tertiary/aromatic N) is 1. The number of hydrogen-bond donors (Lipinski definition) is 2. The number of carbonyl (C=O) groups is 1. The van der Waals surface area contributed by atoms with Crippen molar-refractivity contribution in [1.82, 2.24) is 9.88 Å². The van der Waals surface area contributed by atoms with Gasteiger partial charge in [-0.25, -0.2) is 0 Å². The molecule has 30 heavy (non-hydrogen) atoms. The van der Waals surface area contributed by atoms with E-state index in [1.807, 2.05) is 13.0 Å². The van der Waals surface area contributed by atoms with Crippen LogP contribution in [0.5, 0.6) is 0 Å². The molecule has 1 aromatic carbocycles. The molecule has 3 fully saturated rings. The molecule has 5 unspecified atom stereocenters. The number of ether oxygens (including phenoxy) is 2. The summed E-state index contributed by atoms with van der Waals surface area (Å²) in [5, 5.41) is 10.9. The summed E-state index contributed by atoms with van der Waals surface area (Å²) in [6, 6.07) is 8.50. The van der Waals surface area contributed by atoms with E-state index in [0.717, 1.165) is 50.0 Å². The lowest BCUT2D eigenvalue weighted by Gasteiger charge is -2.58. The van der Waals surface area contributed by atoms with Crippen molar-refractivity contribution >= 4 is 16.9 Å². The number of methoxy groups -OCH3 is 1. The predicted molar refractivity (Wildman–Crippen MR) is 117 cm³/mol. The lowest BCUT2D eigenvalue weighted by atomic mass is 9.56. The van der Waals surface area contributed by atoms with Crippen LogP contribution < -0.4 is 0 Å². The molecule has 6 rings (SSSR count). The van der Waals surface area contributed by atoms with Crippen molar-refractivity contribution in [3.63, 3.8) is 0 Å². The summed E-state index contributed by atoms with van der Waals surface area (Å²) in [6.07, 6.45) is 3.68. The molecule has 1 saturated carbocycles. The van der Waals surface area contributed by atoms with Gasteiger partial charge >= 0.3 is 5.97 Å². The Bertz CT molecular complexity index is 894. The molecule has 0 radical (unpaired) electrons. The van der Waals surface area contributed by atoms with Gasteiger partial charge in [0, 0.05) is 56.6 Å². The van der Waals surface area contributed by atoms with Crippen molar-refractivity contribution in [2.45, 2.75) is 44.1 Å². The van der Waals surface area contributed by atoms with Crippen LogP contribution in [0.15, 0.2) is 24.3 Å². The van der Waals surface area contributed by atoms with Gasteiger partial charge in [0.2, 0.25) is 0 Å². The number of carbonyl (C=O) groups excluding carboxylic acids is 1. The average molecular weight is 415 g/mol. The number of rotatable bonds is 4. The largest absolute Gasteiger partial charge is 0.465 e. The van der Waals surface area contributed by atoms with Crippen LogP contribution in [0.4, 0.5) is 0 Å². The maximum Gasteiger partial charge on any atom is 0.319 e. The zero-order valence-electron chi connectivity index (χ0n) is 18.3. The summed E-state index contributed by atoms with van der Waals surface area (Å²) in [5.74, 6) is 0.736. The van der Waals surface area contributed by atoms with Crippen LogP contribution in [0.3, 0.4) is 0 Å². The fourth-order valence-corrected chi connectivity index (χ4v) is 6.40. The molecule has 164 valence electrons. The van der Waals surface area contributed by atoms with Gasteiger partial charge in [0.05, 0.1) is 6.61 Å². The second-order valence-electron chi connectivity index (χ2n) is 8.89. The number of aromatic nitrogens is 1. The Kier molecular flexibility index (Phi) is 6.19. The minimum absolute atomic E-state index is 0.0814. The van der Waals surface area contributed by atoms with Crippen LogP contribution in [0.1, 0.15) is 37.4 Å². The van der Waals surface area contributed by atoms with E-state index < -0.39 is 5.41 Å². The Morgan fingerprint density at radius 1 is 1.33 bits per heavy atom. The van der Waals surface area contributed by atoms with Gasteiger partial charge in [0.15, 0.2) is 0 Å². The smallest absolute Gasteiger partial charge is 0.319 e. The SMILES string of the molecule is CCOC(=O)C12CC3CC(CCO)C1N(CCc1c2[nH]c2ccccc12)C3.COC. The van der Waals surface area contributed by atoms with E-state index in [2.05, 4.69) is 32.8 Å². The van der Waals surface area contributed by atoms with Crippen LogP contribution in [0.2, 0.25) is 0 Å². The van der Waals surface area contributed by atoms with Crippen molar-refractivity contribution in [2.24, 2.45) is 11.8 Å². The average Bonchev–Trinajstić information content (AvgIpc) is 3.08. The first-order chi connectivity index (χ1) is 14.6. The van der Waals surface area contributed by atoms with E-state index in [1.54, 1.807) is 14.2 Å². The van der Waals surface area contributed by atoms with Crippen LogP contribution in [0, 0.1) is 11.8 Å². The summed E-state index contributed by atoms with van der Waals surface area (Å²) in [7, 11) is 3.25. The first-order valence-electron chi connectivity index (χ1n) is 11.1. The van der Waals surface area contributed by atoms with E-state index in [9.17, 15) is 9.90 Å². The molecule has 5 atom stereocenters. The zero-order chi connectivity index (χ0) is 21.3. The van der Waals surface area contributed by atoms with Gasteiger partial charge in [0.25, 0.3) is 0 Å². The quantitative estimate of drug-likeness (QED) is 0.753. The predicted octanol–water partition coefficient (Wildman–Crippen LogP) is 2.88. The third-order valence-corrected chi connectivity index (χ3v) is 7.13. The number of benzene rings is 1. The summed E-state index contributed by atoms with van der Waals surface area (Å²) in [6.45, 7) is 4.51. The highest BCUT2D eigenvalue weighted by atomic mass is 16.5. The standard InChI is InChI=1S/C22H28N2O3.C2H6O/c1-2-27-21(26)22-12-14-11-15(8-10-25)20(22)24(13-14)9-7-17-16-5-3-4-6-18(16)23-19(17)22;1-3-2/h3-6,14-15,20,23,25H,2,7-13H2,1H3;1-2H3. The minimum atomic E-state index is -0.637. The van der Waals surface area contributed by atoms with Gasteiger partial charge < -0.3 is 19.6 Å². The highest BCUT2D eigenvalue weighted by Crippen LogP contribution is 2.55. The molecule has 1 aromatic heterocycles. The van der Waals surface area contributed by atoms with E-state index in [0.29, 0.717) is 18.4 Å². The molecule has 4 aliphatic rings. The minimum Gasteiger partial charge on any atom is -0.465 e. The molecular weight excluding hydrogens is 380 g/mol. The first kappa shape index (κ1) is 21.3. The van der Waals surface area contributed by atoms with Crippen LogP contribution in [-0.4, -0.2) is 67.5 Å². The van der Waals surface area contributed by atoms with E-state index in [4.69, 9.17) is 4.74 Å². The van der Waals surface area contributed by atoms with Gasteiger partial charge in [-0.1, -0.05) is 18.2 Å². The third-order valence-electron chi connectivity index (χ3n) is 7.13. The van der Waals surface area contributed by atoms with Crippen molar-refractivity contribution < 1.29 is 19.4 Å². The van der Waals surface area contributed by atoms with Crippen LogP contribution in [0.25, 0.3) is 10.9 Å². The molecule has 6 heteroatoms. The van der Waals surface area contributed by atoms with Gasteiger partial charge in [-0.3, -0.25) is 9.69 Å². The Balaban J connectivity index is 0.000000687. The molecule has 0 amide bonds. The second-order valence-corrected chi connectivity index (χ2v) is 8.89. The normalized spacial score (nSPS) is 31.5. The van der Waals surface area contributed by atoms with Gasteiger partial charge in [-0.2, -0.15) is 0 Å². The van der Waals surface area contributed by atoms with Gasteiger partial charge in [-0.15, -0.1) is 0 Å². The molecule has 1 aliphatic carbocycles. The summed E-state index contributed by atoms with van der Waals surface area (Å²) >= 11 is 0. The molecule has 0 spiro atoms. The lowest BCUT2D eigenvalue weighted by Crippen LogP contribution is -2.67. The Hall–Kier alpha value is -1.89. The molecule has 2 aromatic rings. The Labute approximate surface area is 178 Å². The maximum atomic E-state index is 13.5. The number of aliphatic hydroxyl groups is 1. The number of hydrogen-bond acceptors (Lipinski definition) is 5. The Morgan fingerprint density at radius 3 is 2.83 bits per heavy atom. The van der Waals surface area contributed by atoms with Crippen molar-refractivity contribution in [3.8, 4) is 0 Å². The molecule has 2 saturated heterocycles. The fraction of sp³-hybridized carbons (Fsp3) is 0.625. The highest BCUT2D eigenvalue weighted by molar-refractivity contribution is 5.91.